The number of ketones is 1. The summed E-state index contributed by atoms with van der Waals surface area (Å²) >= 11 is 0. The van der Waals surface area contributed by atoms with Crippen molar-refractivity contribution in [2.75, 3.05) is 32.8 Å². The highest BCUT2D eigenvalue weighted by molar-refractivity contribution is 7.47. The van der Waals surface area contributed by atoms with E-state index in [0.717, 1.165) is 32.2 Å². The van der Waals surface area contributed by atoms with E-state index < -0.39 is 7.82 Å². The monoisotopic (exact) mass is 518 g/mol. The van der Waals surface area contributed by atoms with Crippen LogP contribution in [0.3, 0.4) is 0 Å². The standard InChI is InChI=1S/C28H56NO5P/c1-3-4-5-6-7-8-9-10-11-12-13-14-15-16-20-28(25-27(2)30)26-34-35(31,32)33-24-19-23-29-21-17-18-22-29/h28H,3-26H2,1-2H3,(H,31,32)/p+1. The number of hydrogen-bond acceptors (Lipinski definition) is 4. The van der Waals surface area contributed by atoms with Crippen molar-refractivity contribution in [2.24, 2.45) is 5.92 Å². The highest BCUT2D eigenvalue weighted by Gasteiger charge is 2.24. The lowest BCUT2D eigenvalue weighted by atomic mass is 9.96. The molecule has 208 valence electrons. The van der Waals surface area contributed by atoms with E-state index >= 15 is 0 Å². The third-order valence-electron chi connectivity index (χ3n) is 7.26. The first-order valence-corrected chi connectivity index (χ1v) is 16.4. The molecule has 2 N–H and O–H groups in total. The number of phosphoric acid groups is 1. The lowest BCUT2D eigenvalue weighted by Crippen LogP contribution is -3.10. The largest absolute Gasteiger partial charge is 0.472 e. The molecular formula is C28H57NO5P+. The fraction of sp³-hybridized carbons (Fsp3) is 0.964. The number of quaternary nitrogens is 1. The van der Waals surface area contributed by atoms with Crippen molar-refractivity contribution in [2.45, 2.75) is 136 Å². The number of hydrogen-bond donors (Lipinski definition) is 2. The first-order valence-electron chi connectivity index (χ1n) is 14.9. The molecule has 1 saturated heterocycles. The Bertz CT molecular complexity index is 553. The molecule has 2 unspecified atom stereocenters. The molecule has 1 aliphatic heterocycles. The Morgan fingerprint density at radius 3 is 1.86 bits per heavy atom. The Labute approximate surface area is 216 Å². The molecule has 0 aliphatic carbocycles. The molecule has 2 atom stereocenters. The molecule has 1 aliphatic rings. The number of unbranched alkanes of at least 4 members (excludes halogenated alkanes) is 13. The smallest absolute Gasteiger partial charge is 0.335 e. The lowest BCUT2D eigenvalue weighted by molar-refractivity contribution is -0.887. The number of likely N-dealkylation sites (tertiary alicyclic amines) is 1. The maximum Gasteiger partial charge on any atom is 0.472 e. The Morgan fingerprint density at radius 1 is 0.829 bits per heavy atom. The van der Waals surface area contributed by atoms with Crippen LogP contribution in [-0.4, -0.2) is 43.5 Å². The molecule has 1 fully saturated rings. The van der Waals surface area contributed by atoms with E-state index in [-0.39, 0.29) is 24.9 Å². The molecular weight excluding hydrogens is 461 g/mol. The third-order valence-corrected chi connectivity index (χ3v) is 8.24. The lowest BCUT2D eigenvalue weighted by Gasteiger charge is -2.18. The molecule has 0 bridgehead atoms. The van der Waals surface area contributed by atoms with Crippen LogP contribution < -0.4 is 4.90 Å². The SMILES string of the molecule is CCCCCCCCCCCCCCCCC(COP(=O)(O)OCCC[NH+]1CCCC1)CC(C)=O. The van der Waals surface area contributed by atoms with Gasteiger partial charge in [0.05, 0.1) is 32.8 Å². The van der Waals surface area contributed by atoms with E-state index in [1.807, 2.05) is 0 Å². The second kappa shape index (κ2) is 21.8. The molecule has 0 spiro atoms. The van der Waals surface area contributed by atoms with Crippen LogP contribution >= 0.6 is 7.82 Å². The molecule has 1 heterocycles. The van der Waals surface area contributed by atoms with Crippen LogP contribution in [0.5, 0.6) is 0 Å². The van der Waals surface area contributed by atoms with Gasteiger partial charge in [-0.25, -0.2) is 4.57 Å². The van der Waals surface area contributed by atoms with Crippen molar-refractivity contribution in [1.29, 1.82) is 0 Å². The maximum absolute atomic E-state index is 12.2. The Hall–Kier alpha value is -0.260. The topological polar surface area (TPSA) is 77.3 Å². The minimum atomic E-state index is -4.04. The molecule has 0 amide bonds. The van der Waals surface area contributed by atoms with Gasteiger partial charge in [0.25, 0.3) is 0 Å². The van der Waals surface area contributed by atoms with Gasteiger partial charge in [-0.2, -0.15) is 0 Å². The minimum Gasteiger partial charge on any atom is -0.335 e. The summed E-state index contributed by atoms with van der Waals surface area (Å²) in [6.07, 6.45) is 23.0. The molecule has 0 aromatic heterocycles. The molecule has 0 saturated carbocycles. The summed E-state index contributed by atoms with van der Waals surface area (Å²) in [5.41, 5.74) is 0. The summed E-state index contributed by atoms with van der Waals surface area (Å²) in [5, 5.41) is 0. The van der Waals surface area contributed by atoms with E-state index in [4.69, 9.17) is 9.05 Å². The van der Waals surface area contributed by atoms with Crippen molar-refractivity contribution in [3.05, 3.63) is 0 Å². The van der Waals surface area contributed by atoms with E-state index in [9.17, 15) is 14.3 Å². The normalized spacial score (nSPS) is 17.0. The fourth-order valence-corrected chi connectivity index (χ4v) is 5.98. The van der Waals surface area contributed by atoms with Crippen LogP contribution in [0.2, 0.25) is 0 Å². The predicted octanol–water partition coefficient (Wildman–Crippen LogP) is 6.66. The summed E-state index contributed by atoms with van der Waals surface area (Å²) in [5.74, 6) is 0.0918. The van der Waals surface area contributed by atoms with Gasteiger partial charge >= 0.3 is 7.82 Å². The van der Waals surface area contributed by atoms with Crippen LogP contribution in [0.25, 0.3) is 0 Å². The third kappa shape index (κ3) is 20.5. The molecule has 0 radical (unpaired) electrons. The van der Waals surface area contributed by atoms with Crippen LogP contribution in [0.1, 0.15) is 136 Å². The zero-order valence-corrected chi connectivity index (χ0v) is 24.0. The minimum absolute atomic E-state index is 0.0112. The highest BCUT2D eigenvalue weighted by atomic mass is 31.2. The molecule has 35 heavy (non-hydrogen) atoms. The van der Waals surface area contributed by atoms with E-state index in [0.29, 0.717) is 6.42 Å². The van der Waals surface area contributed by atoms with Crippen molar-refractivity contribution < 1.29 is 28.2 Å². The van der Waals surface area contributed by atoms with Gasteiger partial charge in [0, 0.05) is 25.7 Å². The molecule has 0 aromatic rings. The molecule has 1 rings (SSSR count). The van der Waals surface area contributed by atoms with Gasteiger partial charge in [0.1, 0.15) is 5.78 Å². The highest BCUT2D eigenvalue weighted by Crippen LogP contribution is 2.44. The quantitative estimate of drug-likeness (QED) is 0.104. The summed E-state index contributed by atoms with van der Waals surface area (Å²) < 4.78 is 22.6. The van der Waals surface area contributed by atoms with Gasteiger partial charge in [0.2, 0.25) is 0 Å². The second-order valence-corrected chi connectivity index (χ2v) is 12.3. The Morgan fingerprint density at radius 2 is 1.34 bits per heavy atom. The second-order valence-electron chi connectivity index (χ2n) is 10.8. The maximum atomic E-state index is 12.2. The van der Waals surface area contributed by atoms with Crippen LogP contribution in [-0.2, 0) is 18.4 Å². The summed E-state index contributed by atoms with van der Waals surface area (Å²) in [4.78, 5) is 23.2. The summed E-state index contributed by atoms with van der Waals surface area (Å²) in [6, 6.07) is 0. The van der Waals surface area contributed by atoms with Crippen molar-refractivity contribution in [1.82, 2.24) is 0 Å². The van der Waals surface area contributed by atoms with Crippen molar-refractivity contribution >= 4 is 13.6 Å². The fourth-order valence-electron chi connectivity index (χ4n) is 5.14. The van der Waals surface area contributed by atoms with Crippen LogP contribution in [0, 0.1) is 5.92 Å². The number of carbonyl (C=O) groups excluding carboxylic acids is 1. The summed E-state index contributed by atoms with van der Waals surface area (Å²) in [6.45, 7) is 7.57. The van der Waals surface area contributed by atoms with Gasteiger partial charge in [-0.05, 0) is 19.3 Å². The van der Waals surface area contributed by atoms with E-state index in [1.54, 1.807) is 11.8 Å². The number of rotatable bonds is 25. The Balaban J connectivity index is 2.04. The average molecular weight is 519 g/mol. The average Bonchev–Trinajstić information content (AvgIpc) is 3.34. The van der Waals surface area contributed by atoms with E-state index in [2.05, 4.69) is 6.92 Å². The number of phosphoric ester groups is 1. The van der Waals surface area contributed by atoms with Gasteiger partial charge in [0.15, 0.2) is 0 Å². The van der Waals surface area contributed by atoms with Gasteiger partial charge in [-0.1, -0.05) is 96.8 Å². The summed E-state index contributed by atoms with van der Waals surface area (Å²) in [7, 11) is -4.04. The van der Waals surface area contributed by atoms with Gasteiger partial charge in [-0.15, -0.1) is 0 Å². The van der Waals surface area contributed by atoms with Crippen LogP contribution in [0.15, 0.2) is 0 Å². The molecule has 0 aromatic carbocycles. The van der Waals surface area contributed by atoms with Crippen LogP contribution in [0.4, 0.5) is 0 Å². The first-order chi connectivity index (χ1) is 16.9. The number of Topliss-reactive ketones (excluding diaryl/α,β-unsaturated/α-hetero) is 1. The molecule has 7 heteroatoms. The van der Waals surface area contributed by atoms with Gasteiger partial charge < -0.3 is 14.6 Å². The zero-order valence-electron chi connectivity index (χ0n) is 23.1. The van der Waals surface area contributed by atoms with Gasteiger partial charge in [-0.3, -0.25) is 9.05 Å². The zero-order chi connectivity index (χ0) is 25.6. The predicted molar refractivity (Wildman–Crippen MR) is 145 cm³/mol. The molecule has 6 nitrogen and oxygen atoms in total. The number of nitrogens with one attached hydrogen (secondary N) is 1. The number of carbonyl (C=O) groups is 1. The van der Waals surface area contributed by atoms with Crippen molar-refractivity contribution in [3.8, 4) is 0 Å². The van der Waals surface area contributed by atoms with E-state index in [1.165, 1.54) is 103 Å². The van der Waals surface area contributed by atoms with Crippen molar-refractivity contribution in [3.63, 3.8) is 0 Å². The first kappa shape index (κ1) is 32.8. The Kier molecular flexibility index (Phi) is 20.4.